The van der Waals surface area contributed by atoms with Crippen LogP contribution >= 0.6 is 23.1 Å². The molecule has 0 unspecified atom stereocenters. The monoisotopic (exact) mass is 381 g/mol. The van der Waals surface area contributed by atoms with E-state index < -0.39 is 28.2 Å². The van der Waals surface area contributed by atoms with Crippen LogP contribution in [0.1, 0.15) is 0 Å². The molecular weight excluding hydrogens is 372 g/mol. The van der Waals surface area contributed by atoms with Gasteiger partial charge in [-0.25, -0.2) is 13.8 Å². The van der Waals surface area contributed by atoms with E-state index in [1.807, 2.05) is 0 Å². The lowest BCUT2D eigenvalue weighted by Gasteiger charge is -2.06. The molecular formula is C15H9F2N3O3S2. The Bertz CT molecular complexity index is 958. The van der Waals surface area contributed by atoms with Gasteiger partial charge in [-0.05, 0) is 18.2 Å². The van der Waals surface area contributed by atoms with Gasteiger partial charge in [-0.3, -0.25) is 14.9 Å². The standard InChI is InChI=1S/C15H9F2N3O3S2/c16-9-2-1-3-10(17)14(9)19-13(21)7-24-15-18-11-5-4-8(20(22)23)6-12(11)25-15/h1-6H,7H2,(H,19,21). The molecule has 0 fully saturated rings. The van der Waals surface area contributed by atoms with Gasteiger partial charge in [-0.2, -0.15) is 0 Å². The van der Waals surface area contributed by atoms with Crippen LogP contribution in [-0.2, 0) is 4.79 Å². The number of thiazole rings is 1. The first-order valence-corrected chi connectivity index (χ1v) is 8.66. The van der Waals surface area contributed by atoms with Crippen molar-refractivity contribution < 1.29 is 18.5 Å². The number of nitrogens with zero attached hydrogens (tertiary/aromatic N) is 2. The summed E-state index contributed by atoms with van der Waals surface area (Å²) in [7, 11) is 0. The maximum absolute atomic E-state index is 13.5. The topological polar surface area (TPSA) is 85.1 Å². The largest absolute Gasteiger partial charge is 0.320 e. The number of benzene rings is 2. The van der Waals surface area contributed by atoms with Crippen molar-refractivity contribution in [2.75, 3.05) is 11.1 Å². The SMILES string of the molecule is O=C(CSc1nc2ccc([N+](=O)[O-])cc2s1)Nc1c(F)cccc1F. The molecule has 3 aromatic rings. The zero-order valence-corrected chi connectivity index (χ0v) is 14.0. The van der Waals surface area contributed by atoms with Gasteiger partial charge < -0.3 is 5.32 Å². The molecule has 0 atom stereocenters. The number of amides is 1. The first-order valence-electron chi connectivity index (χ1n) is 6.85. The molecule has 128 valence electrons. The number of carbonyl (C=O) groups is 1. The van der Waals surface area contributed by atoms with E-state index in [0.717, 1.165) is 23.9 Å². The van der Waals surface area contributed by atoms with Gasteiger partial charge in [-0.1, -0.05) is 17.8 Å². The van der Waals surface area contributed by atoms with E-state index in [2.05, 4.69) is 10.3 Å². The fraction of sp³-hybridized carbons (Fsp3) is 0.0667. The van der Waals surface area contributed by atoms with Gasteiger partial charge in [0, 0.05) is 12.1 Å². The first-order chi connectivity index (χ1) is 11.9. The van der Waals surface area contributed by atoms with E-state index in [1.165, 1.54) is 35.6 Å². The van der Waals surface area contributed by atoms with E-state index in [0.29, 0.717) is 14.6 Å². The van der Waals surface area contributed by atoms with Gasteiger partial charge in [0.25, 0.3) is 5.69 Å². The highest BCUT2D eigenvalue weighted by molar-refractivity contribution is 8.01. The fourth-order valence-corrected chi connectivity index (χ4v) is 3.89. The number of hydrogen-bond donors (Lipinski definition) is 1. The van der Waals surface area contributed by atoms with E-state index in [9.17, 15) is 23.7 Å². The second kappa shape index (κ2) is 7.11. The second-order valence-electron chi connectivity index (χ2n) is 4.82. The van der Waals surface area contributed by atoms with Crippen molar-refractivity contribution in [2.24, 2.45) is 0 Å². The zero-order chi connectivity index (χ0) is 18.0. The molecule has 0 saturated carbocycles. The molecule has 0 aliphatic heterocycles. The maximum atomic E-state index is 13.5. The van der Waals surface area contributed by atoms with Crippen LogP contribution in [0, 0.1) is 21.7 Å². The molecule has 0 saturated heterocycles. The van der Waals surface area contributed by atoms with E-state index >= 15 is 0 Å². The number of carbonyl (C=O) groups excluding carboxylic acids is 1. The Morgan fingerprint density at radius 1 is 1.28 bits per heavy atom. The zero-order valence-electron chi connectivity index (χ0n) is 12.4. The summed E-state index contributed by atoms with van der Waals surface area (Å²) in [5.74, 6) is -2.40. The van der Waals surface area contributed by atoms with Crippen LogP contribution in [0.4, 0.5) is 20.2 Å². The highest BCUT2D eigenvalue weighted by Gasteiger charge is 2.14. The molecule has 0 spiro atoms. The summed E-state index contributed by atoms with van der Waals surface area (Å²) in [6.45, 7) is 0. The van der Waals surface area contributed by atoms with Crippen LogP contribution < -0.4 is 5.32 Å². The summed E-state index contributed by atoms with van der Waals surface area (Å²) in [6.07, 6.45) is 0. The third kappa shape index (κ3) is 3.91. The Morgan fingerprint density at radius 2 is 2.00 bits per heavy atom. The highest BCUT2D eigenvalue weighted by Crippen LogP contribution is 2.32. The van der Waals surface area contributed by atoms with Crippen LogP contribution in [0.25, 0.3) is 10.2 Å². The molecule has 10 heteroatoms. The molecule has 6 nitrogen and oxygen atoms in total. The van der Waals surface area contributed by atoms with Gasteiger partial charge in [0.15, 0.2) is 4.34 Å². The Labute approximate surface area is 148 Å². The van der Waals surface area contributed by atoms with E-state index in [4.69, 9.17) is 0 Å². The number of thioether (sulfide) groups is 1. The fourth-order valence-electron chi connectivity index (χ4n) is 1.99. The number of nitro groups is 1. The van der Waals surface area contributed by atoms with Crippen LogP contribution in [0.5, 0.6) is 0 Å². The van der Waals surface area contributed by atoms with Gasteiger partial charge in [0.2, 0.25) is 5.91 Å². The Balaban J connectivity index is 1.68. The van der Waals surface area contributed by atoms with Crippen LogP contribution in [-0.4, -0.2) is 21.6 Å². The molecule has 1 amide bonds. The van der Waals surface area contributed by atoms with E-state index in [1.54, 1.807) is 0 Å². The maximum Gasteiger partial charge on any atom is 0.270 e. The lowest BCUT2D eigenvalue weighted by Crippen LogP contribution is -2.16. The average molecular weight is 381 g/mol. The summed E-state index contributed by atoms with van der Waals surface area (Å²) < 4.78 is 28.1. The van der Waals surface area contributed by atoms with Crippen molar-refractivity contribution in [3.8, 4) is 0 Å². The van der Waals surface area contributed by atoms with Crippen LogP contribution in [0.15, 0.2) is 40.7 Å². The van der Waals surface area contributed by atoms with Gasteiger partial charge in [0.05, 0.1) is 20.9 Å². The minimum Gasteiger partial charge on any atom is -0.320 e. The quantitative estimate of drug-likeness (QED) is 0.406. The number of rotatable bonds is 5. The molecule has 1 aromatic heterocycles. The second-order valence-corrected chi connectivity index (χ2v) is 7.08. The molecule has 2 aromatic carbocycles. The molecule has 0 aliphatic rings. The van der Waals surface area contributed by atoms with Crippen molar-refractivity contribution in [2.45, 2.75) is 4.34 Å². The molecule has 1 heterocycles. The van der Waals surface area contributed by atoms with Gasteiger partial charge in [-0.15, -0.1) is 11.3 Å². The van der Waals surface area contributed by atoms with E-state index in [-0.39, 0.29) is 11.4 Å². The summed E-state index contributed by atoms with van der Waals surface area (Å²) in [5, 5.41) is 12.9. The van der Waals surface area contributed by atoms with Crippen molar-refractivity contribution in [3.05, 3.63) is 58.1 Å². The number of halogens is 2. The summed E-state index contributed by atoms with van der Waals surface area (Å²) in [5.41, 5.74) is 0.0483. The molecule has 0 aliphatic carbocycles. The first kappa shape index (κ1) is 17.2. The number of hydrogen-bond acceptors (Lipinski definition) is 6. The highest BCUT2D eigenvalue weighted by atomic mass is 32.2. The Morgan fingerprint density at radius 3 is 2.68 bits per heavy atom. The summed E-state index contributed by atoms with van der Waals surface area (Å²) in [4.78, 5) is 26.4. The molecule has 25 heavy (non-hydrogen) atoms. The van der Waals surface area contributed by atoms with Crippen molar-refractivity contribution >= 4 is 50.6 Å². The Hall–Kier alpha value is -2.59. The lowest BCUT2D eigenvalue weighted by molar-refractivity contribution is -0.384. The molecule has 1 N–H and O–H groups in total. The van der Waals surface area contributed by atoms with Crippen molar-refractivity contribution in [1.29, 1.82) is 0 Å². The molecule has 0 radical (unpaired) electrons. The smallest absolute Gasteiger partial charge is 0.270 e. The predicted octanol–water partition coefficient (Wildman–Crippen LogP) is 4.21. The molecule has 3 rings (SSSR count). The van der Waals surface area contributed by atoms with Crippen molar-refractivity contribution in [1.82, 2.24) is 4.98 Å². The minimum absolute atomic E-state index is 0.0412. The number of nitro benzene ring substituents is 1. The van der Waals surface area contributed by atoms with Gasteiger partial charge >= 0.3 is 0 Å². The number of fused-ring (bicyclic) bond motifs is 1. The Kier molecular flexibility index (Phi) is 4.91. The third-order valence-corrected chi connectivity index (χ3v) is 5.28. The third-order valence-electron chi connectivity index (χ3n) is 3.12. The summed E-state index contributed by atoms with van der Waals surface area (Å²) in [6, 6.07) is 7.59. The number of para-hydroxylation sites is 1. The molecule has 0 bridgehead atoms. The average Bonchev–Trinajstić information content (AvgIpc) is 2.98. The number of anilines is 1. The van der Waals surface area contributed by atoms with Gasteiger partial charge in [0.1, 0.15) is 17.3 Å². The normalized spacial score (nSPS) is 10.8. The number of aromatic nitrogens is 1. The number of non-ortho nitro benzene ring substituents is 1. The van der Waals surface area contributed by atoms with Crippen molar-refractivity contribution in [3.63, 3.8) is 0 Å². The van der Waals surface area contributed by atoms with Crippen LogP contribution in [0.3, 0.4) is 0 Å². The predicted molar refractivity (Wildman–Crippen MR) is 92.0 cm³/mol. The number of nitrogens with one attached hydrogen (secondary N) is 1. The van der Waals surface area contributed by atoms with Crippen LogP contribution in [0.2, 0.25) is 0 Å². The lowest BCUT2D eigenvalue weighted by atomic mass is 10.3. The minimum atomic E-state index is -0.856. The summed E-state index contributed by atoms with van der Waals surface area (Å²) >= 11 is 2.28.